The molecule has 1 saturated heterocycles. The monoisotopic (exact) mass is 272 g/mol. The van der Waals surface area contributed by atoms with Gasteiger partial charge in [0.25, 0.3) is 0 Å². The Morgan fingerprint density at radius 1 is 1.40 bits per heavy atom. The third-order valence-electron chi connectivity index (χ3n) is 4.02. The zero-order valence-electron chi connectivity index (χ0n) is 11.4. The van der Waals surface area contributed by atoms with Crippen LogP contribution in [-0.4, -0.2) is 21.6 Å². The normalized spacial score (nSPS) is 23.1. The number of para-hydroxylation sites is 1. The first-order valence-corrected chi connectivity index (χ1v) is 6.49. The number of imide groups is 1. The Labute approximate surface area is 115 Å². The Balaban J connectivity index is 2.22. The van der Waals surface area contributed by atoms with Crippen LogP contribution < -0.4 is 11.1 Å². The first-order chi connectivity index (χ1) is 9.43. The van der Waals surface area contributed by atoms with Gasteiger partial charge in [-0.3, -0.25) is 19.6 Å². The molecule has 6 heteroatoms. The number of carbonyl (C=O) groups is 2. The number of anilines is 1. The Morgan fingerprint density at radius 2 is 2.15 bits per heavy atom. The van der Waals surface area contributed by atoms with Gasteiger partial charge in [0.15, 0.2) is 0 Å². The quantitative estimate of drug-likeness (QED) is 0.595. The number of nitrogens with zero attached hydrogens (tertiary/aromatic N) is 2. The summed E-state index contributed by atoms with van der Waals surface area (Å²) >= 11 is 0. The molecule has 3 rings (SSSR count). The topological polar surface area (TPSA) is 90.0 Å². The van der Waals surface area contributed by atoms with Crippen LogP contribution >= 0.6 is 0 Å². The molecule has 0 aliphatic carbocycles. The van der Waals surface area contributed by atoms with E-state index in [1.165, 1.54) is 0 Å². The molecule has 1 aliphatic heterocycles. The Bertz CT molecular complexity index is 734. The standard InChI is InChI=1S/C14H16N4O2/c1-14(7-6-10(19)16-13(14)20)12-8-4-3-5-9(15)11(8)18(2)17-12/h3-5H,6-7,15H2,1-2H3,(H,16,19,20). The number of piperidine rings is 1. The smallest absolute Gasteiger partial charge is 0.238 e. The van der Waals surface area contributed by atoms with Crippen LogP contribution in [-0.2, 0) is 22.1 Å². The molecule has 1 atom stereocenters. The Hall–Kier alpha value is -2.37. The fourth-order valence-electron chi connectivity index (χ4n) is 2.81. The number of hydrogen-bond acceptors (Lipinski definition) is 4. The maximum atomic E-state index is 12.3. The zero-order chi connectivity index (χ0) is 14.5. The first kappa shape index (κ1) is 12.7. The molecular weight excluding hydrogens is 256 g/mol. The fraction of sp³-hybridized carbons (Fsp3) is 0.357. The third kappa shape index (κ3) is 1.61. The van der Waals surface area contributed by atoms with Crippen molar-refractivity contribution in [2.24, 2.45) is 7.05 Å². The van der Waals surface area contributed by atoms with Crippen LogP contribution in [0.25, 0.3) is 10.9 Å². The van der Waals surface area contributed by atoms with Crippen molar-refractivity contribution in [3.05, 3.63) is 23.9 Å². The molecule has 104 valence electrons. The molecule has 0 saturated carbocycles. The molecule has 1 aromatic heterocycles. The SMILES string of the molecule is Cn1nc(C2(C)CCC(=O)NC2=O)c2cccc(N)c21. The lowest BCUT2D eigenvalue weighted by Crippen LogP contribution is -2.50. The average molecular weight is 272 g/mol. The van der Waals surface area contributed by atoms with Crippen LogP contribution in [0.1, 0.15) is 25.5 Å². The highest BCUT2D eigenvalue weighted by molar-refractivity contribution is 6.05. The Kier molecular flexibility index (Phi) is 2.57. The summed E-state index contributed by atoms with van der Waals surface area (Å²) in [6, 6.07) is 5.56. The van der Waals surface area contributed by atoms with Gasteiger partial charge in [-0.2, -0.15) is 5.10 Å². The number of nitrogens with two attached hydrogens (primary N) is 1. The number of nitrogen functional groups attached to an aromatic ring is 1. The van der Waals surface area contributed by atoms with Gasteiger partial charge < -0.3 is 5.73 Å². The summed E-state index contributed by atoms with van der Waals surface area (Å²) in [5, 5.41) is 7.75. The number of aryl methyl sites for hydroxylation is 1. The summed E-state index contributed by atoms with van der Waals surface area (Å²) in [5.41, 5.74) is 7.29. The van der Waals surface area contributed by atoms with Crippen LogP contribution in [0, 0.1) is 0 Å². The maximum absolute atomic E-state index is 12.3. The summed E-state index contributed by atoms with van der Waals surface area (Å²) in [7, 11) is 1.80. The third-order valence-corrected chi connectivity index (χ3v) is 4.02. The second-order valence-electron chi connectivity index (χ2n) is 5.43. The van der Waals surface area contributed by atoms with E-state index in [-0.39, 0.29) is 11.8 Å². The van der Waals surface area contributed by atoms with Gasteiger partial charge in [0.2, 0.25) is 11.8 Å². The molecule has 1 aromatic carbocycles. The number of rotatable bonds is 1. The van der Waals surface area contributed by atoms with Gasteiger partial charge in [-0.25, -0.2) is 0 Å². The maximum Gasteiger partial charge on any atom is 0.238 e. The molecule has 2 heterocycles. The van der Waals surface area contributed by atoms with Gasteiger partial charge >= 0.3 is 0 Å². The van der Waals surface area contributed by atoms with Gasteiger partial charge in [-0.15, -0.1) is 0 Å². The van der Waals surface area contributed by atoms with E-state index in [9.17, 15) is 9.59 Å². The molecule has 2 aromatic rings. The van der Waals surface area contributed by atoms with Crippen molar-refractivity contribution in [3.63, 3.8) is 0 Å². The molecular formula is C14H16N4O2. The molecule has 2 amide bonds. The van der Waals surface area contributed by atoms with E-state index in [4.69, 9.17) is 5.73 Å². The molecule has 1 fully saturated rings. The minimum Gasteiger partial charge on any atom is -0.397 e. The van der Waals surface area contributed by atoms with Gasteiger partial charge in [0.1, 0.15) is 0 Å². The summed E-state index contributed by atoms with van der Waals surface area (Å²) in [5.74, 6) is -0.525. The van der Waals surface area contributed by atoms with Crippen molar-refractivity contribution < 1.29 is 9.59 Å². The number of amides is 2. The van der Waals surface area contributed by atoms with E-state index >= 15 is 0 Å². The highest BCUT2D eigenvalue weighted by Crippen LogP contribution is 2.36. The van der Waals surface area contributed by atoms with Crippen LogP contribution in [0.5, 0.6) is 0 Å². The van der Waals surface area contributed by atoms with E-state index in [0.717, 1.165) is 10.9 Å². The van der Waals surface area contributed by atoms with Crippen molar-refractivity contribution >= 4 is 28.4 Å². The number of aromatic nitrogens is 2. The molecule has 0 spiro atoms. The predicted octanol–water partition coefficient (Wildman–Crippen LogP) is 0.850. The lowest BCUT2D eigenvalue weighted by molar-refractivity contribution is -0.137. The van der Waals surface area contributed by atoms with Crippen LogP contribution in [0.3, 0.4) is 0 Å². The second kappa shape index (κ2) is 4.06. The van der Waals surface area contributed by atoms with Crippen LogP contribution in [0.2, 0.25) is 0 Å². The molecule has 1 unspecified atom stereocenters. The number of fused-ring (bicyclic) bond motifs is 1. The van der Waals surface area contributed by atoms with Crippen molar-refractivity contribution in [3.8, 4) is 0 Å². The number of carbonyl (C=O) groups excluding carboxylic acids is 2. The van der Waals surface area contributed by atoms with Crippen molar-refractivity contribution in [1.29, 1.82) is 0 Å². The van der Waals surface area contributed by atoms with Crippen LogP contribution in [0.15, 0.2) is 18.2 Å². The van der Waals surface area contributed by atoms with E-state index in [2.05, 4.69) is 10.4 Å². The largest absolute Gasteiger partial charge is 0.397 e. The summed E-state index contributed by atoms with van der Waals surface area (Å²) in [4.78, 5) is 23.6. The van der Waals surface area contributed by atoms with Gasteiger partial charge in [-0.1, -0.05) is 12.1 Å². The highest BCUT2D eigenvalue weighted by atomic mass is 16.2. The number of benzene rings is 1. The first-order valence-electron chi connectivity index (χ1n) is 6.49. The zero-order valence-corrected chi connectivity index (χ0v) is 11.4. The van der Waals surface area contributed by atoms with E-state index < -0.39 is 5.41 Å². The Morgan fingerprint density at radius 3 is 2.85 bits per heavy atom. The lowest BCUT2D eigenvalue weighted by Gasteiger charge is -2.30. The van der Waals surface area contributed by atoms with Crippen molar-refractivity contribution in [1.82, 2.24) is 15.1 Å². The molecule has 0 bridgehead atoms. The minimum atomic E-state index is -0.804. The highest BCUT2D eigenvalue weighted by Gasteiger charge is 2.43. The van der Waals surface area contributed by atoms with E-state index in [1.807, 2.05) is 19.1 Å². The lowest BCUT2D eigenvalue weighted by atomic mass is 9.77. The van der Waals surface area contributed by atoms with Crippen LogP contribution in [0.4, 0.5) is 5.69 Å². The average Bonchev–Trinajstić information content (AvgIpc) is 2.74. The van der Waals surface area contributed by atoms with Gasteiger partial charge in [0, 0.05) is 18.9 Å². The molecule has 20 heavy (non-hydrogen) atoms. The van der Waals surface area contributed by atoms with E-state index in [1.54, 1.807) is 17.8 Å². The number of hydrogen-bond donors (Lipinski definition) is 2. The van der Waals surface area contributed by atoms with Crippen molar-refractivity contribution in [2.75, 3.05) is 5.73 Å². The minimum absolute atomic E-state index is 0.229. The second-order valence-corrected chi connectivity index (χ2v) is 5.43. The molecule has 3 N–H and O–H groups in total. The number of nitrogens with one attached hydrogen (secondary N) is 1. The molecule has 1 aliphatic rings. The fourth-order valence-corrected chi connectivity index (χ4v) is 2.81. The summed E-state index contributed by atoms with van der Waals surface area (Å²) in [6.45, 7) is 1.82. The molecule has 6 nitrogen and oxygen atoms in total. The molecule has 0 radical (unpaired) electrons. The van der Waals surface area contributed by atoms with Gasteiger partial charge in [-0.05, 0) is 19.4 Å². The summed E-state index contributed by atoms with van der Waals surface area (Å²) in [6.07, 6.45) is 0.779. The summed E-state index contributed by atoms with van der Waals surface area (Å²) < 4.78 is 1.69. The predicted molar refractivity (Wildman–Crippen MR) is 74.9 cm³/mol. The van der Waals surface area contributed by atoms with Crippen molar-refractivity contribution in [2.45, 2.75) is 25.2 Å². The van der Waals surface area contributed by atoms with E-state index in [0.29, 0.717) is 24.2 Å². The van der Waals surface area contributed by atoms with Gasteiger partial charge in [0.05, 0.1) is 22.3 Å².